The summed E-state index contributed by atoms with van der Waals surface area (Å²) in [6.07, 6.45) is 1.88. The molecule has 0 radical (unpaired) electrons. The summed E-state index contributed by atoms with van der Waals surface area (Å²) in [5.74, 6) is 0.626. The maximum Gasteiger partial charge on any atom is 0.126 e. The Morgan fingerprint density at radius 1 is 1.10 bits per heavy atom. The van der Waals surface area contributed by atoms with Gasteiger partial charge < -0.3 is 10.6 Å². The SMILES string of the molecule is Cc1cc(N2CCN(Cc3ccccc3)CC2)cnc1N. The molecule has 0 amide bonds. The maximum absolute atomic E-state index is 5.79. The largest absolute Gasteiger partial charge is 0.383 e. The number of rotatable bonds is 3. The van der Waals surface area contributed by atoms with Gasteiger partial charge in [0.25, 0.3) is 0 Å². The second kappa shape index (κ2) is 6.14. The molecule has 0 spiro atoms. The fourth-order valence-corrected chi connectivity index (χ4v) is 2.75. The van der Waals surface area contributed by atoms with E-state index in [9.17, 15) is 0 Å². The van der Waals surface area contributed by atoms with Gasteiger partial charge in [-0.1, -0.05) is 30.3 Å². The Hall–Kier alpha value is -2.07. The zero-order chi connectivity index (χ0) is 14.7. The minimum atomic E-state index is 0.626. The number of nitrogens with two attached hydrogens (primary N) is 1. The number of pyridine rings is 1. The van der Waals surface area contributed by atoms with Crippen molar-refractivity contribution in [1.82, 2.24) is 9.88 Å². The Morgan fingerprint density at radius 2 is 1.81 bits per heavy atom. The predicted molar refractivity (Wildman–Crippen MR) is 87.3 cm³/mol. The van der Waals surface area contributed by atoms with Crippen molar-refractivity contribution >= 4 is 11.5 Å². The molecule has 1 aliphatic rings. The molecule has 2 aromatic rings. The highest BCUT2D eigenvalue weighted by Gasteiger charge is 2.17. The molecule has 1 fully saturated rings. The summed E-state index contributed by atoms with van der Waals surface area (Å²) >= 11 is 0. The van der Waals surface area contributed by atoms with E-state index in [2.05, 4.69) is 51.2 Å². The van der Waals surface area contributed by atoms with Crippen LogP contribution in [-0.4, -0.2) is 36.1 Å². The number of piperazine rings is 1. The summed E-state index contributed by atoms with van der Waals surface area (Å²) in [6.45, 7) is 7.29. The van der Waals surface area contributed by atoms with Crippen molar-refractivity contribution in [2.24, 2.45) is 0 Å². The molecule has 0 atom stereocenters. The van der Waals surface area contributed by atoms with Crippen LogP contribution >= 0.6 is 0 Å². The predicted octanol–water partition coefficient (Wildman–Crippen LogP) is 2.29. The van der Waals surface area contributed by atoms with Crippen LogP contribution in [0.1, 0.15) is 11.1 Å². The number of nitrogen functional groups attached to an aromatic ring is 1. The fraction of sp³-hybridized carbons (Fsp3) is 0.353. The van der Waals surface area contributed by atoms with Crippen LogP contribution in [0, 0.1) is 6.92 Å². The van der Waals surface area contributed by atoms with Gasteiger partial charge in [0.15, 0.2) is 0 Å². The lowest BCUT2D eigenvalue weighted by molar-refractivity contribution is 0.250. The second-order valence-corrected chi connectivity index (χ2v) is 5.64. The van der Waals surface area contributed by atoms with Gasteiger partial charge >= 0.3 is 0 Å². The first-order valence-corrected chi connectivity index (χ1v) is 7.46. The maximum atomic E-state index is 5.79. The lowest BCUT2D eigenvalue weighted by Crippen LogP contribution is -2.46. The third-order valence-corrected chi connectivity index (χ3v) is 4.09. The zero-order valence-electron chi connectivity index (χ0n) is 12.5. The molecule has 0 saturated carbocycles. The molecule has 1 aromatic carbocycles. The first kappa shape index (κ1) is 13.9. The second-order valence-electron chi connectivity index (χ2n) is 5.64. The number of nitrogens with zero attached hydrogens (tertiary/aromatic N) is 3. The van der Waals surface area contributed by atoms with Crippen molar-refractivity contribution in [2.75, 3.05) is 36.8 Å². The standard InChI is InChI=1S/C17H22N4/c1-14-11-16(12-19-17(14)18)21-9-7-20(8-10-21)13-15-5-3-2-4-6-15/h2-6,11-12H,7-10,13H2,1H3,(H2,18,19). The van der Waals surface area contributed by atoms with Gasteiger partial charge in [-0.05, 0) is 24.1 Å². The van der Waals surface area contributed by atoms with Gasteiger partial charge in [0.2, 0.25) is 0 Å². The van der Waals surface area contributed by atoms with Gasteiger partial charge in [-0.3, -0.25) is 4.90 Å². The molecule has 1 aromatic heterocycles. The van der Waals surface area contributed by atoms with Crippen LogP contribution in [0.15, 0.2) is 42.6 Å². The highest BCUT2D eigenvalue weighted by Crippen LogP contribution is 2.20. The normalized spacial score (nSPS) is 16.1. The molecule has 1 saturated heterocycles. The molecular weight excluding hydrogens is 260 g/mol. The van der Waals surface area contributed by atoms with Crippen molar-refractivity contribution in [3.63, 3.8) is 0 Å². The average molecular weight is 282 g/mol. The Labute approximate surface area is 126 Å². The summed E-state index contributed by atoms with van der Waals surface area (Å²) in [5, 5.41) is 0. The quantitative estimate of drug-likeness (QED) is 0.938. The lowest BCUT2D eigenvalue weighted by Gasteiger charge is -2.36. The number of aryl methyl sites for hydroxylation is 1. The van der Waals surface area contributed by atoms with Crippen LogP contribution in [0.4, 0.5) is 11.5 Å². The molecule has 2 N–H and O–H groups in total. The van der Waals surface area contributed by atoms with E-state index in [1.165, 1.54) is 11.3 Å². The smallest absolute Gasteiger partial charge is 0.126 e. The average Bonchev–Trinajstić information content (AvgIpc) is 2.52. The molecule has 2 heterocycles. The van der Waals surface area contributed by atoms with Crippen LogP contribution in [0.2, 0.25) is 0 Å². The van der Waals surface area contributed by atoms with Gasteiger partial charge in [-0.2, -0.15) is 0 Å². The van der Waals surface area contributed by atoms with Crippen molar-refractivity contribution in [2.45, 2.75) is 13.5 Å². The molecule has 0 aliphatic carbocycles. The van der Waals surface area contributed by atoms with Crippen LogP contribution in [0.3, 0.4) is 0 Å². The molecule has 110 valence electrons. The summed E-state index contributed by atoms with van der Waals surface area (Å²) < 4.78 is 0. The zero-order valence-corrected chi connectivity index (χ0v) is 12.5. The number of hydrogen-bond donors (Lipinski definition) is 1. The molecule has 1 aliphatic heterocycles. The van der Waals surface area contributed by atoms with E-state index < -0.39 is 0 Å². The van der Waals surface area contributed by atoms with Crippen LogP contribution in [0.5, 0.6) is 0 Å². The van der Waals surface area contributed by atoms with Crippen LogP contribution < -0.4 is 10.6 Å². The molecule has 0 unspecified atom stereocenters. The van der Waals surface area contributed by atoms with E-state index in [0.717, 1.165) is 38.3 Å². The van der Waals surface area contributed by atoms with E-state index in [1.54, 1.807) is 0 Å². The van der Waals surface area contributed by atoms with Crippen LogP contribution in [0.25, 0.3) is 0 Å². The highest BCUT2D eigenvalue weighted by molar-refractivity contribution is 5.53. The number of anilines is 2. The van der Waals surface area contributed by atoms with Gasteiger partial charge in [-0.25, -0.2) is 4.98 Å². The summed E-state index contributed by atoms with van der Waals surface area (Å²) in [4.78, 5) is 9.16. The monoisotopic (exact) mass is 282 g/mol. The van der Waals surface area contributed by atoms with Crippen molar-refractivity contribution in [3.05, 3.63) is 53.7 Å². The van der Waals surface area contributed by atoms with Gasteiger partial charge in [0.05, 0.1) is 11.9 Å². The first-order valence-electron chi connectivity index (χ1n) is 7.46. The van der Waals surface area contributed by atoms with Gasteiger partial charge in [0.1, 0.15) is 5.82 Å². The van der Waals surface area contributed by atoms with Crippen LogP contribution in [-0.2, 0) is 6.54 Å². The Morgan fingerprint density at radius 3 is 2.48 bits per heavy atom. The number of aromatic nitrogens is 1. The molecule has 3 rings (SSSR count). The Bertz CT molecular complexity index is 589. The molecule has 4 nitrogen and oxygen atoms in total. The van der Waals surface area contributed by atoms with E-state index in [-0.39, 0.29) is 0 Å². The minimum absolute atomic E-state index is 0.626. The third-order valence-electron chi connectivity index (χ3n) is 4.09. The fourth-order valence-electron chi connectivity index (χ4n) is 2.75. The Balaban J connectivity index is 1.58. The topological polar surface area (TPSA) is 45.4 Å². The van der Waals surface area contributed by atoms with E-state index in [4.69, 9.17) is 5.73 Å². The van der Waals surface area contributed by atoms with E-state index in [0.29, 0.717) is 5.82 Å². The Kier molecular flexibility index (Phi) is 4.06. The summed E-state index contributed by atoms with van der Waals surface area (Å²) in [7, 11) is 0. The summed E-state index contributed by atoms with van der Waals surface area (Å²) in [6, 6.07) is 12.8. The van der Waals surface area contributed by atoms with Crippen molar-refractivity contribution < 1.29 is 0 Å². The minimum Gasteiger partial charge on any atom is -0.383 e. The summed E-state index contributed by atoms with van der Waals surface area (Å²) in [5.41, 5.74) is 9.41. The van der Waals surface area contributed by atoms with E-state index in [1.807, 2.05) is 13.1 Å². The lowest BCUT2D eigenvalue weighted by atomic mass is 10.2. The molecule has 0 bridgehead atoms. The van der Waals surface area contributed by atoms with E-state index >= 15 is 0 Å². The number of benzene rings is 1. The van der Waals surface area contributed by atoms with Gasteiger partial charge in [-0.15, -0.1) is 0 Å². The third kappa shape index (κ3) is 3.34. The highest BCUT2D eigenvalue weighted by atomic mass is 15.3. The van der Waals surface area contributed by atoms with Crippen molar-refractivity contribution in [1.29, 1.82) is 0 Å². The molecule has 4 heteroatoms. The first-order chi connectivity index (χ1) is 10.2. The van der Waals surface area contributed by atoms with Crippen molar-refractivity contribution in [3.8, 4) is 0 Å². The molecular formula is C17H22N4. The van der Waals surface area contributed by atoms with Gasteiger partial charge in [0, 0.05) is 32.7 Å². The number of hydrogen-bond acceptors (Lipinski definition) is 4. The molecule has 21 heavy (non-hydrogen) atoms.